The van der Waals surface area contributed by atoms with Crippen molar-refractivity contribution in [1.29, 1.82) is 0 Å². The van der Waals surface area contributed by atoms with E-state index in [1.807, 2.05) is 11.6 Å². The van der Waals surface area contributed by atoms with Gasteiger partial charge in [0.15, 0.2) is 0 Å². The smallest absolute Gasteiger partial charge is 0.0960 e. The maximum atomic E-state index is 7.47. The van der Waals surface area contributed by atoms with Gasteiger partial charge >= 0.3 is 0 Å². The van der Waals surface area contributed by atoms with Crippen molar-refractivity contribution in [2.75, 3.05) is 0 Å². The molecule has 0 spiro atoms. The number of aryl methyl sites for hydroxylation is 1. The average Bonchev–Trinajstić information content (AvgIpc) is 2.83. The largest absolute Gasteiger partial charge is 0.360 e. The first kappa shape index (κ1) is 7.65. The van der Waals surface area contributed by atoms with Crippen LogP contribution in [0.25, 0.3) is 22.2 Å². The molecule has 1 aromatic carbocycles. The zero-order valence-electron chi connectivity index (χ0n) is 9.24. The Morgan fingerprint density at radius 3 is 3.20 bits per heavy atom. The molecule has 3 aromatic rings. The topological polar surface area (TPSA) is 28.7 Å². The molecule has 2 aromatic heterocycles. The summed E-state index contributed by atoms with van der Waals surface area (Å²) in [6, 6.07) is 6.30. The van der Waals surface area contributed by atoms with Crippen LogP contribution in [0.2, 0.25) is 0 Å². The Balaban J connectivity index is 2.27. The van der Waals surface area contributed by atoms with E-state index in [2.05, 4.69) is 35.1 Å². The number of rotatable bonds is 1. The fraction of sp³-hybridized carbons (Fsp3) is 0.0833. The van der Waals surface area contributed by atoms with Crippen LogP contribution in [0.5, 0.6) is 0 Å². The van der Waals surface area contributed by atoms with Crippen LogP contribution in [0.1, 0.15) is 6.93 Å². The van der Waals surface area contributed by atoms with E-state index in [9.17, 15) is 0 Å². The van der Waals surface area contributed by atoms with Gasteiger partial charge in [-0.25, -0.2) is 4.98 Å². The minimum Gasteiger partial charge on any atom is -0.360 e. The number of hydrogen-bond donors (Lipinski definition) is 1. The molecule has 3 rings (SSSR count). The molecule has 0 amide bonds. The Kier molecular flexibility index (Phi) is 1.64. The molecule has 0 bridgehead atoms. The van der Waals surface area contributed by atoms with E-state index in [1.165, 1.54) is 22.3 Å². The number of nitrogens with zero attached hydrogens (tertiary/aromatic N) is 1. The maximum Gasteiger partial charge on any atom is 0.0960 e. The monoisotopic (exact) mass is 215 g/mol. The van der Waals surface area contributed by atoms with Crippen LogP contribution in [0.4, 0.5) is 0 Å². The Bertz CT molecular complexity index is 654. The van der Waals surface area contributed by atoms with Crippen molar-refractivity contribution in [3.8, 4) is 11.3 Å². The number of thiazole rings is 1. The number of hydrogen-bond acceptors (Lipinski definition) is 2. The maximum absolute atomic E-state index is 7.47. The molecule has 0 saturated heterocycles. The number of aromatic amines is 1. The molecule has 0 saturated carbocycles. The van der Waals surface area contributed by atoms with Crippen LogP contribution in [-0.4, -0.2) is 9.97 Å². The van der Waals surface area contributed by atoms with Gasteiger partial charge in [-0.3, -0.25) is 0 Å². The van der Waals surface area contributed by atoms with Gasteiger partial charge in [0, 0.05) is 28.0 Å². The number of aromatic nitrogens is 2. The summed E-state index contributed by atoms with van der Waals surface area (Å²) in [6.45, 7) is 2.08. The van der Waals surface area contributed by atoms with Gasteiger partial charge in [-0.05, 0) is 19.1 Å². The third-order valence-corrected chi connectivity index (χ3v) is 3.04. The molecule has 2 heterocycles. The van der Waals surface area contributed by atoms with Crippen molar-refractivity contribution in [3.05, 3.63) is 40.8 Å². The van der Waals surface area contributed by atoms with Crippen molar-refractivity contribution in [3.63, 3.8) is 0 Å². The zero-order chi connectivity index (χ0) is 11.1. The highest BCUT2D eigenvalue weighted by atomic mass is 32.1. The quantitative estimate of drug-likeness (QED) is 0.660. The van der Waals surface area contributed by atoms with Gasteiger partial charge in [0.05, 0.1) is 12.6 Å². The van der Waals surface area contributed by atoms with Gasteiger partial charge < -0.3 is 4.98 Å². The SMILES string of the molecule is [2H]c1nc(-c2c[nH]c3ccc(C)cc23)cs1. The lowest BCUT2D eigenvalue weighted by atomic mass is 10.1. The fourth-order valence-electron chi connectivity index (χ4n) is 1.75. The number of H-pyrrole nitrogens is 1. The first-order valence-corrected chi connectivity index (χ1v) is 5.62. The van der Waals surface area contributed by atoms with Crippen LogP contribution in [-0.2, 0) is 0 Å². The van der Waals surface area contributed by atoms with E-state index in [-0.39, 0.29) is 0 Å². The van der Waals surface area contributed by atoms with Crippen molar-refractivity contribution >= 4 is 22.2 Å². The summed E-state index contributed by atoms with van der Waals surface area (Å²) in [5.74, 6) is 0. The first-order chi connectivity index (χ1) is 7.74. The van der Waals surface area contributed by atoms with Crippen LogP contribution in [0, 0.1) is 6.92 Å². The third-order valence-electron chi connectivity index (χ3n) is 2.50. The van der Waals surface area contributed by atoms with E-state index in [4.69, 9.17) is 1.37 Å². The summed E-state index contributed by atoms with van der Waals surface area (Å²) >= 11 is 1.36. The number of benzene rings is 1. The molecule has 1 N–H and O–H groups in total. The van der Waals surface area contributed by atoms with Crippen molar-refractivity contribution in [1.82, 2.24) is 9.97 Å². The van der Waals surface area contributed by atoms with E-state index >= 15 is 0 Å². The van der Waals surface area contributed by atoms with Crippen LogP contribution < -0.4 is 0 Å². The summed E-state index contributed by atoms with van der Waals surface area (Å²) < 4.78 is 7.47. The molecule has 3 heteroatoms. The molecule has 0 fully saturated rings. The van der Waals surface area contributed by atoms with Gasteiger partial charge in [0.25, 0.3) is 0 Å². The minimum atomic E-state index is 0.358. The van der Waals surface area contributed by atoms with E-state index in [0.29, 0.717) is 5.49 Å². The molecule has 0 aliphatic carbocycles. The summed E-state index contributed by atoms with van der Waals surface area (Å²) in [6.07, 6.45) is 1.96. The summed E-state index contributed by atoms with van der Waals surface area (Å²) in [5.41, 5.74) is 4.66. The molecule has 2 nitrogen and oxygen atoms in total. The summed E-state index contributed by atoms with van der Waals surface area (Å²) in [4.78, 5) is 7.42. The predicted octanol–water partition coefficient (Wildman–Crippen LogP) is 3.60. The first-order valence-electron chi connectivity index (χ1n) is 5.24. The lowest BCUT2D eigenvalue weighted by molar-refractivity contribution is 1.41. The molecular weight excluding hydrogens is 204 g/mol. The van der Waals surface area contributed by atoms with E-state index in [0.717, 1.165) is 16.8 Å². The summed E-state index contributed by atoms with van der Waals surface area (Å²) in [5, 5.41) is 3.10. The fourth-order valence-corrected chi connectivity index (χ4v) is 2.25. The van der Waals surface area contributed by atoms with Gasteiger partial charge in [-0.2, -0.15) is 0 Å². The average molecular weight is 215 g/mol. The number of fused-ring (bicyclic) bond motifs is 1. The minimum absolute atomic E-state index is 0.358. The van der Waals surface area contributed by atoms with Crippen molar-refractivity contribution < 1.29 is 1.37 Å². The molecule has 0 aliphatic heterocycles. The standard InChI is InChI=1S/C12H10N2S/c1-8-2-3-11-9(4-8)10(5-13-11)12-6-15-7-14-12/h2-7,13H,1H3/i7D. The number of nitrogens with one attached hydrogen (secondary N) is 1. The Labute approximate surface area is 93.0 Å². The second kappa shape index (κ2) is 3.21. The predicted molar refractivity (Wildman–Crippen MR) is 64.1 cm³/mol. The second-order valence-electron chi connectivity index (χ2n) is 3.58. The van der Waals surface area contributed by atoms with Crippen molar-refractivity contribution in [2.45, 2.75) is 6.92 Å². The Morgan fingerprint density at radius 1 is 1.47 bits per heavy atom. The Morgan fingerprint density at radius 2 is 2.40 bits per heavy atom. The molecule has 74 valence electrons. The lowest BCUT2D eigenvalue weighted by Crippen LogP contribution is -1.75. The van der Waals surface area contributed by atoms with Gasteiger partial charge in [-0.15, -0.1) is 11.3 Å². The van der Waals surface area contributed by atoms with E-state index in [1.54, 1.807) is 0 Å². The highest BCUT2D eigenvalue weighted by Gasteiger charge is 2.07. The molecule has 0 atom stereocenters. The van der Waals surface area contributed by atoms with Crippen LogP contribution in [0.15, 0.2) is 35.3 Å². The third kappa shape index (κ3) is 1.36. The van der Waals surface area contributed by atoms with Crippen LogP contribution in [0.3, 0.4) is 0 Å². The molecule has 0 unspecified atom stereocenters. The van der Waals surface area contributed by atoms with Gasteiger partial charge in [0.1, 0.15) is 0 Å². The second-order valence-corrected chi connectivity index (χ2v) is 4.23. The normalized spacial score (nSPS) is 11.9. The Hall–Kier alpha value is -1.61. The van der Waals surface area contributed by atoms with Gasteiger partial charge in [-0.1, -0.05) is 11.6 Å². The molecular formula is C12H10N2S. The molecule has 0 radical (unpaired) electrons. The van der Waals surface area contributed by atoms with E-state index < -0.39 is 0 Å². The van der Waals surface area contributed by atoms with Crippen molar-refractivity contribution in [2.24, 2.45) is 0 Å². The summed E-state index contributed by atoms with van der Waals surface area (Å²) in [7, 11) is 0. The highest BCUT2D eigenvalue weighted by Crippen LogP contribution is 2.28. The van der Waals surface area contributed by atoms with Crippen LogP contribution >= 0.6 is 11.3 Å². The molecule has 15 heavy (non-hydrogen) atoms. The van der Waals surface area contributed by atoms with Gasteiger partial charge in [0.2, 0.25) is 0 Å². The highest BCUT2D eigenvalue weighted by molar-refractivity contribution is 7.07. The molecule has 0 aliphatic rings. The lowest BCUT2D eigenvalue weighted by Gasteiger charge is -1.96. The zero-order valence-corrected chi connectivity index (χ0v) is 9.06.